The molecule has 0 radical (unpaired) electrons. The molecular formula is C13H16BrNO2. The van der Waals surface area contributed by atoms with E-state index in [0.29, 0.717) is 18.9 Å². The Morgan fingerprint density at radius 1 is 1.41 bits per heavy atom. The van der Waals surface area contributed by atoms with Crippen molar-refractivity contribution in [1.29, 1.82) is 0 Å². The molecule has 0 heterocycles. The van der Waals surface area contributed by atoms with E-state index in [1.54, 1.807) is 0 Å². The molecule has 1 aromatic carbocycles. The van der Waals surface area contributed by atoms with E-state index in [4.69, 9.17) is 10.5 Å². The Bertz CT molecular complexity index is 387. The molecule has 1 fully saturated rings. The lowest BCUT2D eigenvalue weighted by atomic mass is 10.1. The molecule has 0 spiro atoms. The van der Waals surface area contributed by atoms with Crippen LogP contribution in [0.4, 0.5) is 0 Å². The molecule has 0 amide bonds. The molecular weight excluding hydrogens is 282 g/mol. The Balaban J connectivity index is 1.73. The van der Waals surface area contributed by atoms with Crippen LogP contribution in [0, 0.1) is 5.92 Å². The Hall–Kier alpha value is -0.870. The maximum Gasteiger partial charge on any atom is 0.307 e. The Labute approximate surface area is 109 Å². The monoisotopic (exact) mass is 297 g/mol. The van der Waals surface area contributed by atoms with Crippen LogP contribution < -0.4 is 5.73 Å². The molecule has 1 aliphatic carbocycles. The molecule has 0 saturated heterocycles. The predicted molar refractivity (Wildman–Crippen MR) is 69.3 cm³/mol. The first-order valence-electron chi connectivity index (χ1n) is 5.81. The van der Waals surface area contributed by atoms with Gasteiger partial charge < -0.3 is 10.5 Å². The van der Waals surface area contributed by atoms with Crippen LogP contribution in [0.1, 0.15) is 24.8 Å². The summed E-state index contributed by atoms with van der Waals surface area (Å²) in [5.41, 5.74) is 6.85. The first kappa shape index (κ1) is 12.6. The van der Waals surface area contributed by atoms with Gasteiger partial charge in [0, 0.05) is 10.5 Å². The van der Waals surface area contributed by atoms with E-state index in [0.717, 1.165) is 22.9 Å². The van der Waals surface area contributed by atoms with Gasteiger partial charge >= 0.3 is 5.97 Å². The van der Waals surface area contributed by atoms with Crippen molar-refractivity contribution >= 4 is 21.9 Å². The molecule has 1 aromatic rings. The van der Waals surface area contributed by atoms with Gasteiger partial charge in [0.1, 0.15) is 6.61 Å². The lowest BCUT2D eigenvalue weighted by Gasteiger charge is -2.10. The zero-order chi connectivity index (χ0) is 12.3. The summed E-state index contributed by atoms with van der Waals surface area (Å²) in [5, 5.41) is 0. The fourth-order valence-electron chi connectivity index (χ4n) is 1.69. The van der Waals surface area contributed by atoms with Crippen molar-refractivity contribution in [2.75, 3.05) is 0 Å². The number of carbonyl (C=O) groups is 1. The summed E-state index contributed by atoms with van der Waals surface area (Å²) in [7, 11) is 0. The number of nitrogens with two attached hydrogens (primary N) is 1. The average molecular weight is 298 g/mol. The van der Waals surface area contributed by atoms with Crippen LogP contribution in [-0.4, -0.2) is 12.0 Å². The lowest BCUT2D eigenvalue weighted by Crippen LogP contribution is -2.26. The molecule has 1 unspecified atom stereocenters. The van der Waals surface area contributed by atoms with Gasteiger partial charge in [-0.1, -0.05) is 28.1 Å². The van der Waals surface area contributed by atoms with Crippen LogP contribution in [0.15, 0.2) is 28.7 Å². The summed E-state index contributed by atoms with van der Waals surface area (Å²) in [4.78, 5) is 11.5. The molecule has 1 saturated carbocycles. The van der Waals surface area contributed by atoms with Gasteiger partial charge in [0.2, 0.25) is 0 Å². The number of rotatable bonds is 5. The lowest BCUT2D eigenvalue weighted by molar-refractivity contribution is -0.145. The molecule has 2 rings (SSSR count). The van der Waals surface area contributed by atoms with Crippen LogP contribution in [0.3, 0.4) is 0 Å². The molecule has 1 aliphatic rings. The van der Waals surface area contributed by atoms with Gasteiger partial charge in [-0.3, -0.25) is 4.79 Å². The molecule has 3 nitrogen and oxygen atoms in total. The molecule has 1 atom stereocenters. The van der Waals surface area contributed by atoms with Gasteiger partial charge in [0.05, 0.1) is 6.42 Å². The summed E-state index contributed by atoms with van der Waals surface area (Å²) in [6.07, 6.45) is 2.64. The largest absolute Gasteiger partial charge is 0.461 e. The van der Waals surface area contributed by atoms with E-state index >= 15 is 0 Å². The molecule has 0 aliphatic heterocycles. The summed E-state index contributed by atoms with van der Waals surface area (Å²) in [6.45, 7) is 0.323. The highest BCUT2D eigenvalue weighted by atomic mass is 79.9. The summed E-state index contributed by atoms with van der Waals surface area (Å²) in [6, 6.07) is 7.70. The van der Waals surface area contributed by atoms with Gasteiger partial charge in [-0.05, 0) is 36.5 Å². The summed E-state index contributed by atoms with van der Waals surface area (Å²) in [5.74, 6) is 0.336. The molecule has 0 aromatic heterocycles. The maximum absolute atomic E-state index is 11.5. The van der Waals surface area contributed by atoms with Crippen LogP contribution in [0.2, 0.25) is 0 Å². The second-order valence-corrected chi connectivity index (χ2v) is 5.41. The van der Waals surface area contributed by atoms with Gasteiger partial charge in [-0.15, -0.1) is 0 Å². The zero-order valence-corrected chi connectivity index (χ0v) is 11.2. The van der Waals surface area contributed by atoms with Gasteiger partial charge in [0.25, 0.3) is 0 Å². The van der Waals surface area contributed by atoms with Crippen molar-refractivity contribution in [2.24, 2.45) is 11.7 Å². The summed E-state index contributed by atoms with van der Waals surface area (Å²) < 4.78 is 6.20. The topological polar surface area (TPSA) is 52.3 Å². The van der Waals surface area contributed by atoms with Crippen molar-refractivity contribution in [1.82, 2.24) is 0 Å². The van der Waals surface area contributed by atoms with Crippen LogP contribution >= 0.6 is 15.9 Å². The summed E-state index contributed by atoms with van der Waals surface area (Å²) >= 11 is 3.36. The fourth-order valence-corrected chi connectivity index (χ4v) is 1.95. The number of hydrogen-bond donors (Lipinski definition) is 1. The molecule has 0 bridgehead atoms. The molecule has 17 heavy (non-hydrogen) atoms. The van der Waals surface area contributed by atoms with E-state index in [1.807, 2.05) is 24.3 Å². The highest BCUT2D eigenvalue weighted by Gasteiger charge is 2.30. The minimum Gasteiger partial charge on any atom is -0.461 e. The van der Waals surface area contributed by atoms with Gasteiger partial charge in [-0.25, -0.2) is 0 Å². The second-order valence-electron chi connectivity index (χ2n) is 4.49. The van der Waals surface area contributed by atoms with Crippen LogP contribution in [0.25, 0.3) is 0 Å². The number of hydrogen-bond acceptors (Lipinski definition) is 3. The smallest absolute Gasteiger partial charge is 0.307 e. The first-order chi connectivity index (χ1) is 8.15. The molecule has 92 valence electrons. The van der Waals surface area contributed by atoms with E-state index in [1.165, 1.54) is 0 Å². The minimum atomic E-state index is -0.202. The van der Waals surface area contributed by atoms with E-state index in [2.05, 4.69) is 15.9 Å². The maximum atomic E-state index is 11.5. The van der Waals surface area contributed by atoms with Crippen molar-refractivity contribution in [3.8, 4) is 0 Å². The van der Waals surface area contributed by atoms with Gasteiger partial charge in [-0.2, -0.15) is 0 Å². The molecule has 2 N–H and O–H groups in total. The van der Waals surface area contributed by atoms with E-state index in [9.17, 15) is 4.79 Å². The third kappa shape index (κ3) is 4.13. The number of ether oxygens (including phenoxy) is 1. The number of carbonyl (C=O) groups excluding carboxylic acids is 1. The predicted octanol–water partition coefficient (Wildman–Crippen LogP) is 2.62. The number of esters is 1. The van der Waals surface area contributed by atoms with Crippen molar-refractivity contribution in [3.63, 3.8) is 0 Å². The Morgan fingerprint density at radius 2 is 2.06 bits per heavy atom. The number of benzene rings is 1. The minimum absolute atomic E-state index is 0.0209. The normalized spacial score (nSPS) is 16.6. The quantitative estimate of drug-likeness (QED) is 0.850. The highest BCUT2D eigenvalue weighted by Crippen LogP contribution is 2.32. The van der Waals surface area contributed by atoms with E-state index < -0.39 is 0 Å². The van der Waals surface area contributed by atoms with Crippen molar-refractivity contribution < 1.29 is 9.53 Å². The third-order valence-corrected chi connectivity index (χ3v) is 3.47. The highest BCUT2D eigenvalue weighted by molar-refractivity contribution is 9.10. The standard InChI is InChI=1S/C13H16BrNO2/c14-11-5-1-9(2-6-11)8-17-13(16)7-12(15)10-3-4-10/h1-2,5-6,10,12H,3-4,7-8,15H2. The van der Waals surface area contributed by atoms with E-state index in [-0.39, 0.29) is 12.0 Å². The Kier molecular flexibility index (Phi) is 4.18. The van der Waals surface area contributed by atoms with Crippen LogP contribution in [0.5, 0.6) is 0 Å². The Morgan fingerprint density at radius 3 is 2.65 bits per heavy atom. The second kappa shape index (κ2) is 5.65. The fraction of sp³-hybridized carbons (Fsp3) is 0.462. The molecule has 4 heteroatoms. The van der Waals surface area contributed by atoms with Gasteiger partial charge in [0.15, 0.2) is 0 Å². The van der Waals surface area contributed by atoms with Crippen molar-refractivity contribution in [2.45, 2.75) is 31.9 Å². The third-order valence-electron chi connectivity index (χ3n) is 2.94. The van der Waals surface area contributed by atoms with Crippen LogP contribution in [-0.2, 0) is 16.1 Å². The zero-order valence-electron chi connectivity index (χ0n) is 9.56. The first-order valence-corrected chi connectivity index (χ1v) is 6.60. The SMILES string of the molecule is NC(CC(=O)OCc1ccc(Br)cc1)C1CC1. The number of halogens is 1. The average Bonchev–Trinajstić information content (AvgIpc) is 3.12. The van der Waals surface area contributed by atoms with Crippen molar-refractivity contribution in [3.05, 3.63) is 34.3 Å².